The lowest BCUT2D eigenvalue weighted by atomic mass is 9.75. The molecule has 1 aliphatic heterocycles. The van der Waals surface area contributed by atoms with Crippen LogP contribution in [0.3, 0.4) is 0 Å². The highest BCUT2D eigenvalue weighted by Gasteiger charge is 2.43. The zero-order valence-corrected chi connectivity index (χ0v) is 11.1. The van der Waals surface area contributed by atoms with Gasteiger partial charge in [0.15, 0.2) is 0 Å². The minimum atomic E-state index is -4.23. The van der Waals surface area contributed by atoms with Gasteiger partial charge in [-0.1, -0.05) is 6.42 Å². The lowest BCUT2D eigenvalue weighted by Gasteiger charge is -2.39. The van der Waals surface area contributed by atoms with Crippen LogP contribution in [0.5, 0.6) is 0 Å². The summed E-state index contributed by atoms with van der Waals surface area (Å²) in [5, 5.41) is 3.38. The first-order valence-electron chi connectivity index (χ1n) is 6.98. The molecule has 1 atom stereocenters. The molecular formula is C13H22F3NO2. The largest absolute Gasteiger partial charge is 0.411 e. The maximum atomic E-state index is 11.9. The molecule has 2 fully saturated rings. The predicted molar refractivity (Wildman–Crippen MR) is 65.0 cm³/mol. The van der Waals surface area contributed by atoms with Crippen LogP contribution < -0.4 is 5.32 Å². The van der Waals surface area contributed by atoms with Gasteiger partial charge in [0, 0.05) is 25.8 Å². The summed E-state index contributed by atoms with van der Waals surface area (Å²) < 4.78 is 45.8. The average Bonchev–Trinajstić information content (AvgIpc) is 2.71. The van der Waals surface area contributed by atoms with E-state index in [1.54, 1.807) is 0 Å². The molecule has 1 aliphatic carbocycles. The lowest BCUT2D eigenvalue weighted by molar-refractivity contribution is -0.173. The first kappa shape index (κ1) is 15.1. The summed E-state index contributed by atoms with van der Waals surface area (Å²) in [5.74, 6) is 0. The van der Waals surface area contributed by atoms with Gasteiger partial charge in [-0.05, 0) is 31.1 Å². The molecule has 0 bridgehead atoms. The van der Waals surface area contributed by atoms with E-state index in [-0.39, 0.29) is 6.61 Å². The monoisotopic (exact) mass is 281 g/mol. The summed E-state index contributed by atoms with van der Waals surface area (Å²) >= 11 is 0. The van der Waals surface area contributed by atoms with E-state index in [9.17, 15) is 13.2 Å². The SMILES string of the molecule is FC(F)(F)COCCNC1CCCC12CCOCC2. The van der Waals surface area contributed by atoms with Crippen LogP contribution in [0.15, 0.2) is 0 Å². The zero-order valence-electron chi connectivity index (χ0n) is 11.1. The summed E-state index contributed by atoms with van der Waals surface area (Å²) in [6, 6.07) is 0.408. The molecule has 0 radical (unpaired) electrons. The standard InChI is InChI=1S/C13H22F3NO2/c14-13(15,16)10-19-9-6-17-11-2-1-3-12(11)4-7-18-8-5-12/h11,17H,1-10H2. The zero-order chi connectivity index (χ0) is 13.8. The Balaban J connectivity index is 1.67. The molecule has 2 rings (SSSR count). The molecule has 1 heterocycles. The second-order valence-electron chi connectivity index (χ2n) is 5.54. The Bertz CT molecular complexity index is 278. The Morgan fingerprint density at radius 3 is 2.63 bits per heavy atom. The quantitative estimate of drug-likeness (QED) is 0.785. The lowest BCUT2D eigenvalue weighted by Crippen LogP contribution is -2.45. The minimum Gasteiger partial charge on any atom is -0.381 e. The molecule has 1 spiro atoms. The van der Waals surface area contributed by atoms with E-state index in [4.69, 9.17) is 4.74 Å². The second kappa shape index (κ2) is 6.41. The summed E-state index contributed by atoms with van der Waals surface area (Å²) in [6.07, 6.45) is 1.41. The summed E-state index contributed by atoms with van der Waals surface area (Å²) in [5.41, 5.74) is 0.308. The third-order valence-corrected chi connectivity index (χ3v) is 4.30. The van der Waals surface area contributed by atoms with Crippen molar-refractivity contribution in [1.29, 1.82) is 0 Å². The van der Waals surface area contributed by atoms with E-state index in [2.05, 4.69) is 10.1 Å². The van der Waals surface area contributed by atoms with Gasteiger partial charge in [0.2, 0.25) is 0 Å². The molecule has 1 saturated heterocycles. The third-order valence-electron chi connectivity index (χ3n) is 4.30. The predicted octanol–water partition coefficient (Wildman–Crippen LogP) is 2.50. The normalized spacial score (nSPS) is 27.0. The second-order valence-corrected chi connectivity index (χ2v) is 5.54. The number of hydrogen-bond donors (Lipinski definition) is 1. The average molecular weight is 281 g/mol. The first-order chi connectivity index (χ1) is 9.02. The van der Waals surface area contributed by atoms with Crippen molar-refractivity contribution in [2.75, 3.05) is 33.0 Å². The molecular weight excluding hydrogens is 259 g/mol. The van der Waals surface area contributed by atoms with Crippen LogP contribution in [0.25, 0.3) is 0 Å². The molecule has 112 valence electrons. The maximum Gasteiger partial charge on any atom is 0.411 e. The van der Waals surface area contributed by atoms with Crippen LogP contribution in [0.4, 0.5) is 13.2 Å². The van der Waals surface area contributed by atoms with Gasteiger partial charge in [-0.25, -0.2) is 0 Å². The molecule has 6 heteroatoms. The van der Waals surface area contributed by atoms with Gasteiger partial charge < -0.3 is 14.8 Å². The first-order valence-corrected chi connectivity index (χ1v) is 6.98. The Labute approximate surface area is 111 Å². The Morgan fingerprint density at radius 2 is 1.95 bits per heavy atom. The van der Waals surface area contributed by atoms with Crippen LogP contribution in [0.2, 0.25) is 0 Å². The van der Waals surface area contributed by atoms with Crippen molar-refractivity contribution in [3.63, 3.8) is 0 Å². The van der Waals surface area contributed by atoms with Gasteiger partial charge in [-0.15, -0.1) is 0 Å². The van der Waals surface area contributed by atoms with Gasteiger partial charge in [-0.2, -0.15) is 13.2 Å². The highest BCUT2D eigenvalue weighted by atomic mass is 19.4. The smallest absolute Gasteiger partial charge is 0.381 e. The molecule has 1 unspecified atom stereocenters. The van der Waals surface area contributed by atoms with Crippen LogP contribution >= 0.6 is 0 Å². The van der Waals surface area contributed by atoms with E-state index >= 15 is 0 Å². The number of alkyl halides is 3. The molecule has 19 heavy (non-hydrogen) atoms. The number of hydrogen-bond acceptors (Lipinski definition) is 3. The van der Waals surface area contributed by atoms with Crippen molar-refractivity contribution < 1.29 is 22.6 Å². The maximum absolute atomic E-state index is 11.9. The molecule has 1 N–H and O–H groups in total. The molecule has 0 aromatic rings. The molecule has 0 aromatic heterocycles. The minimum absolute atomic E-state index is 0.114. The van der Waals surface area contributed by atoms with Crippen molar-refractivity contribution in [2.45, 2.75) is 44.3 Å². The van der Waals surface area contributed by atoms with Crippen LogP contribution in [0, 0.1) is 5.41 Å². The van der Waals surface area contributed by atoms with Crippen molar-refractivity contribution in [1.82, 2.24) is 5.32 Å². The molecule has 3 nitrogen and oxygen atoms in total. The molecule has 1 saturated carbocycles. The van der Waals surface area contributed by atoms with Crippen molar-refractivity contribution in [3.05, 3.63) is 0 Å². The topological polar surface area (TPSA) is 30.5 Å². The van der Waals surface area contributed by atoms with Gasteiger partial charge in [0.1, 0.15) is 6.61 Å². The van der Waals surface area contributed by atoms with Gasteiger partial charge in [-0.3, -0.25) is 0 Å². The highest BCUT2D eigenvalue weighted by Crippen LogP contribution is 2.45. The van der Waals surface area contributed by atoms with Gasteiger partial charge in [0.25, 0.3) is 0 Å². The number of halogens is 3. The van der Waals surface area contributed by atoms with Gasteiger partial charge in [0.05, 0.1) is 6.61 Å². The van der Waals surface area contributed by atoms with E-state index in [1.807, 2.05) is 0 Å². The summed E-state index contributed by atoms with van der Waals surface area (Å²) in [4.78, 5) is 0. The van der Waals surface area contributed by atoms with Crippen molar-refractivity contribution >= 4 is 0 Å². The van der Waals surface area contributed by atoms with Crippen molar-refractivity contribution in [2.24, 2.45) is 5.41 Å². The molecule has 0 aromatic carbocycles. The fraction of sp³-hybridized carbons (Fsp3) is 1.00. The molecule has 0 amide bonds. The van der Waals surface area contributed by atoms with Crippen LogP contribution in [-0.2, 0) is 9.47 Å². The highest BCUT2D eigenvalue weighted by molar-refractivity contribution is 4.97. The summed E-state index contributed by atoms with van der Waals surface area (Å²) in [6.45, 7) is 1.07. The fourth-order valence-corrected chi connectivity index (χ4v) is 3.33. The third kappa shape index (κ3) is 4.33. The van der Waals surface area contributed by atoms with Crippen molar-refractivity contribution in [3.8, 4) is 0 Å². The Hall–Kier alpha value is -0.330. The van der Waals surface area contributed by atoms with E-state index in [0.717, 1.165) is 32.5 Å². The van der Waals surface area contributed by atoms with Crippen LogP contribution in [0.1, 0.15) is 32.1 Å². The van der Waals surface area contributed by atoms with E-state index < -0.39 is 12.8 Å². The number of nitrogens with one attached hydrogen (secondary N) is 1. The summed E-state index contributed by atoms with van der Waals surface area (Å²) in [7, 11) is 0. The van der Waals surface area contributed by atoms with Gasteiger partial charge >= 0.3 is 6.18 Å². The Morgan fingerprint density at radius 1 is 1.21 bits per heavy atom. The van der Waals surface area contributed by atoms with E-state index in [0.29, 0.717) is 18.0 Å². The Kier molecular flexibility index (Phi) is 5.09. The number of rotatable bonds is 5. The number of ether oxygens (including phenoxy) is 2. The fourth-order valence-electron chi connectivity index (χ4n) is 3.33. The van der Waals surface area contributed by atoms with Crippen LogP contribution in [-0.4, -0.2) is 45.2 Å². The van der Waals surface area contributed by atoms with E-state index in [1.165, 1.54) is 12.8 Å². The molecule has 2 aliphatic rings.